The summed E-state index contributed by atoms with van der Waals surface area (Å²) in [7, 11) is 0. The molecule has 0 aliphatic heterocycles. The molecule has 0 aromatic carbocycles. The zero-order valence-electron chi connectivity index (χ0n) is 7.64. The van der Waals surface area contributed by atoms with E-state index in [1.54, 1.807) is 16.9 Å². The number of nitrogen functional groups attached to an aromatic ring is 1. The summed E-state index contributed by atoms with van der Waals surface area (Å²) in [5.74, 6) is 0. The molecule has 5 nitrogen and oxygen atoms in total. The van der Waals surface area contributed by atoms with Crippen molar-refractivity contribution in [3.05, 3.63) is 24.2 Å². The molecule has 2 aromatic rings. The molecule has 72 valence electrons. The molecule has 2 aromatic heterocycles. The van der Waals surface area contributed by atoms with Gasteiger partial charge in [0.1, 0.15) is 0 Å². The third-order valence-electron chi connectivity index (χ3n) is 2.63. The second kappa shape index (κ2) is 2.24. The molecule has 5 heteroatoms. The van der Waals surface area contributed by atoms with Gasteiger partial charge in [-0.15, -0.1) is 0 Å². The van der Waals surface area contributed by atoms with E-state index in [0.29, 0.717) is 5.69 Å². The van der Waals surface area contributed by atoms with Gasteiger partial charge in [0, 0.05) is 6.07 Å². The summed E-state index contributed by atoms with van der Waals surface area (Å²) < 4.78 is 1.68. The third-order valence-corrected chi connectivity index (χ3v) is 2.63. The second-order valence-electron chi connectivity index (χ2n) is 3.88. The maximum atomic E-state index is 6.03. The lowest BCUT2D eigenvalue weighted by Crippen LogP contribution is -2.19. The minimum absolute atomic E-state index is 0.206. The average molecular weight is 189 g/mol. The van der Waals surface area contributed by atoms with E-state index in [2.05, 4.69) is 10.1 Å². The Labute approximate surface area is 80.7 Å². The van der Waals surface area contributed by atoms with Crippen LogP contribution in [0.3, 0.4) is 0 Å². The minimum atomic E-state index is -0.206. The highest BCUT2D eigenvalue weighted by Gasteiger charge is 2.42. The Morgan fingerprint density at radius 2 is 2.21 bits per heavy atom. The van der Waals surface area contributed by atoms with E-state index in [4.69, 9.17) is 11.5 Å². The molecule has 0 unspecified atom stereocenters. The third kappa shape index (κ3) is 0.990. The van der Waals surface area contributed by atoms with E-state index in [1.807, 2.05) is 6.07 Å². The number of anilines is 1. The van der Waals surface area contributed by atoms with Gasteiger partial charge in [-0.2, -0.15) is 5.10 Å². The van der Waals surface area contributed by atoms with Crippen LogP contribution in [0.25, 0.3) is 5.65 Å². The molecule has 0 bridgehead atoms. The maximum Gasteiger partial charge on any atom is 0.155 e. The summed E-state index contributed by atoms with van der Waals surface area (Å²) in [5, 5.41) is 4.36. The SMILES string of the molecule is Nc1cnc2cc(C3(N)CC3)nn2c1. The Morgan fingerprint density at radius 3 is 2.93 bits per heavy atom. The molecular formula is C9H11N5. The van der Waals surface area contributed by atoms with Crippen molar-refractivity contribution in [1.29, 1.82) is 0 Å². The topological polar surface area (TPSA) is 82.2 Å². The van der Waals surface area contributed by atoms with E-state index in [1.165, 1.54) is 0 Å². The monoisotopic (exact) mass is 189 g/mol. The van der Waals surface area contributed by atoms with Crippen molar-refractivity contribution >= 4 is 11.3 Å². The van der Waals surface area contributed by atoms with Crippen LogP contribution in [0, 0.1) is 0 Å². The maximum absolute atomic E-state index is 6.03. The Kier molecular flexibility index (Phi) is 1.24. The molecule has 0 radical (unpaired) electrons. The molecule has 14 heavy (non-hydrogen) atoms. The van der Waals surface area contributed by atoms with Gasteiger partial charge in [0.05, 0.1) is 29.3 Å². The molecule has 2 heterocycles. The Balaban J connectivity index is 2.20. The lowest BCUT2D eigenvalue weighted by Gasteiger charge is -2.00. The van der Waals surface area contributed by atoms with Gasteiger partial charge in [-0.1, -0.05) is 0 Å². The van der Waals surface area contributed by atoms with Gasteiger partial charge in [0.25, 0.3) is 0 Å². The van der Waals surface area contributed by atoms with Crippen LogP contribution >= 0.6 is 0 Å². The summed E-state index contributed by atoms with van der Waals surface area (Å²) in [4.78, 5) is 4.16. The zero-order valence-corrected chi connectivity index (χ0v) is 7.64. The quantitative estimate of drug-likeness (QED) is 0.674. The summed E-state index contributed by atoms with van der Waals surface area (Å²) in [6.07, 6.45) is 5.38. The zero-order chi connectivity index (χ0) is 9.76. The Bertz CT molecular complexity index is 497. The largest absolute Gasteiger partial charge is 0.396 e. The molecule has 1 aliphatic carbocycles. The summed E-state index contributed by atoms with van der Waals surface area (Å²) in [6, 6.07) is 1.92. The van der Waals surface area contributed by atoms with Crippen LogP contribution in [0.15, 0.2) is 18.5 Å². The number of aromatic nitrogens is 3. The summed E-state index contributed by atoms with van der Waals surface area (Å²) in [6.45, 7) is 0. The van der Waals surface area contributed by atoms with Crippen LogP contribution in [0.1, 0.15) is 18.5 Å². The predicted molar refractivity (Wildman–Crippen MR) is 52.5 cm³/mol. The van der Waals surface area contributed by atoms with Crippen LogP contribution in [0.5, 0.6) is 0 Å². The molecule has 1 aliphatic rings. The normalized spacial score (nSPS) is 18.6. The smallest absolute Gasteiger partial charge is 0.155 e. The first-order chi connectivity index (χ1) is 6.67. The van der Waals surface area contributed by atoms with Gasteiger partial charge in [0.15, 0.2) is 5.65 Å². The molecule has 1 fully saturated rings. The fraction of sp³-hybridized carbons (Fsp3) is 0.333. The van der Waals surface area contributed by atoms with E-state index >= 15 is 0 Å². The van der Waals surface area contributed by atoms with Crippen molar-refractivity contribution < 1.29 is 0 Å². The van der Waals surface area contributed by atoms with Gasteiger partial charge in [-0.25, -0.2) is 9.50 Å². The highest BCUT2D eigenvalue weighted by atomic mass is 15.3. The van der Waals surface area contributed by atoms with Gasteiger partial charge in [-0.05, 0) is 12.8 Å². The van der Waals surface area contributed by atoms with E-state index in [-0.39, 0.29) is 5.54 Å². The van der Waals surface area contributed by atoms with E-state index in [9.17, 15) is 0 Å². The first-order valence-corrected chi connectivity index (χ1v) is 4.58. The van der Waals surface area contributed by atoms with Gasteiger partial charge < -0.3 is 11.5 Å². The molecule has 0 saturated heterocycles. The molecule has 3 rings (SSSR count). The number of hydrogen-bond acceptors (Lipinski definition) is 4. The average Bonchev–Trinajstić information content (AvgIpc) is 2.77. The highest BCUT2D eigenvalue weighted by molar-refractivity contribution is 5.46. The van der Waals surface area contributed by atoms with Crippen molar-refractivity contribution in [2.45, 2.75) is 18.4 Å². The van der Waals surface area contributed by atoms with Crippen molar-refractivity contribution in [3.8, 4) is 0 Å². The fourth-order valence-electron chi connectivity index (χ4n) is 1.53. The van der Waals surface area contributed by atoms with Gasteiger partial charge >= 0.3 is 0 Å². The van der Waals surface area contributed by atoms with Crippen molar-refractivity contribution in [3.63, 3.8) is 0 Å². The molecule has 0 atom stereocenters. The number of fused-ring (bicyclic) bond motifs is 1. The van der Waals surface area contributed by atoms with Crippen LogP contribution in [-0.4, -0.2) is 14.6 Å². The molecular weight excluding hydrogens is 178 g/mol. The van der Waals surface area contributed by atoms with Crippen molar-refractivity contribution in [2.24, 2.45) is 5.73 Å². The minimum Gasteiger partial charge on any atom is -0.396 e. The molecule has 0 amide bonds. The number of hydrogen-bond donors (Lipinski definition) is 2. The standard InChI is InChI=1S/C9H11N5/c10-6-4-12-8-3-7(9(11)1-2-9)13-14(8)5-6/h3-5H,1-2,10-11H2. The van der Waals surface area contributed by atoms with E-state index < -0.39 is 0 Å². The Morgan fingerprint density at radius 1 is 1.43 bits per heavy atom. The second-order valence-corrected chi connectivity index (χ2v) is 3.88. The number of nitrogens with two attached hydrogens (primary N) is 2. The Hall–Kier alpha value is -1.62. The van der Waals surface area contributed by atoms with Crippen LogP contribution in [-0.2, 0) is 5.54 Å². The van der Waals surface area contributed by atoms with E-state index in [0.717, 1.165) is 24.2 Å². The summed E-state index contributed by atoms with van der Waals surface area (Å²) in [5.41, 5.74) is 13.7. The predicted octanol–water partition coefficient (Wildman–Crippen LogP) is 0.259. The van der Waals surface area contributed by atoms with Crippen molar-refractivity contribution in [2.75, 3.05) is 5.73 Å². The molecule has 0 spiro atoms. The van der Waals surface area contributed by atoms with Crippen LogP contribution < -0.4 is 11.5 Å². The fourth-order valence-corrected chi connectivity index (χ4v) is 1.53. The molecule has 4 N–H and O–H groups in total. The van der Waals surface area contributed by atoms with Gasteiger partial charge in [0.2, 0.25) is 0 Å². The van der Waals surface area contributed by atoms with Crippen LogP contribution in [0.4, 0.5) is 5.69 Å². The lowest BCUT2D eigenvalue weighted by atomic mass is 10.2. The number of rotatable bonds is 1. The highest BCUT2D eigenvalue weighted by Crippen LogP contribution is 2.41. The first kappa shape index (κ1) is 7.75. The number of nitrogens with zero attached hydrogens (tertiary/aromatic N) is 3. The van der Waals surface area contributed by atoms with Gasteiger partial charge in [-0.3, -0.25) is 0 Å². The lowest BCUT2D eigenvalue weighted by molar-refractivity contribution is 0.692. The summed E-state index contributed by atoms with van der Waals surface area (Å²) >= 11 is 0. The van der Waals surface area contributed by atoms with Crippen molar-refractivity contribution in [1.82, 2.24) is 14.6 Å². The first-order valence-electron chi connectivity index (χ1n) is 4.58. The molecule has 1 saturated carbocycles. The van der Waals surface area contributed by atoms with Crippen LogP contribution in [0.2, 0.25) is 0 Å².